The Morgan fingerprint density at radius 2 is 1.90 bits per heavy atom. The zero-order valence-electron chi connectivity index (χ0n) is 13.2. The summed E-state index contributed by atoms with van der Waals surface area (Å²) in [6, 6.07) is -0.0888. The number of aliphatic carboxylic acids is 1. The van der Waals surface area contributed by atoms with E-state index >= 15 is 0 Å². The van der Waals surface area contributed by atoms with Crippen LogP contribution in [0.3, 0.4) is 0 Å². The highest BCUT2D eigenvalue weighted by molar-refractivity contribution is 5.81. The summed E-state index contributed by atoms with van der Waals surface area (Å²) < 4.78 is 0. The monoisotopic (exact) mass is 299 g/mol. The lowest BCUT2D eigenvalue weighted by molar-refractivity contribution is -0.143. The van der Waals surface area contributed by atoms with Crippen molar-refractivity contribution in [3.05, 3.63) is 0 Å². The Morgan fingerprint density at radius 3 is 2.43 bits per heavy atom. The van der Waals surface area contributed by atoms with Gasteiger partial charge in [-0.1, -0.05) is 6.92 Å². The number of rotatable bonds is 4. The summed E-state index contributed by atoms with van der Waals surface area (Å²) >= 11 is 0. The van der Waals surface area contributed by atoms with E-state index in [4.69, 9.17) is 5.11 Å². The molecule has 0 aromatic carbocycles. The van der Waals surface area contributed by atoms with Crippen molar-refractivity contribution < 1.29 is 19.5 Å². The first-order valence-corrected chi connectivity index (χ1v) is 7.18. The number of carbonyl (C=O) groups excluding carboxylic acids is 2. The lowest BCUT2D eigenvalue weighted by Gasteiger charge is -2.35. The van der Waals surface area contributed by atoms with E-state index in [1.165, 1.54) is 9.80 Å². The maximum atomic E-state index is 12.4. The van der Waals surface area contributed by atoms with E-state index in [9.17, 15) is 14.4 Å². The van der Waals surface area contributed by atoms with Crippen molar-refractivity contribution in [1.82, 2.24) is 14.7 Å². The number of hydrogen-bond donors (Lipinski definition) is 1. The number of nitrogens with zero attached hydrogens (tertiary/aromatic N) is 3. The van der Waals surface area contributed by atoms with Gasteiger partial charge in [-0.25, -0.2) is 4.79 Å². The van der Waals surface area contributed by atoms with Gasteiger partial charge >= 0.3 is 12.0 Å². The van der Waals surface area contributed by atoms with Gasteiger partial charge in [0.1, 0.15) is 0 Å². The molecular formula is C14H25N3O4. The molecule has 2 unspecified atom stereocenters. The summed E-state index contributed by atoms with van der Waals surface area (Å²) in [5.74, 6) is -1.84. The van der Waals surface area contributed by atoms with Crippen molar-refractivity contribution >= 4 is 17.9 Å². The molecule has 3 amide bonds. The third-order valence-corrected chi connectivity index (χ3v) is 3.77. The molecule has 1 heterocycles. The Kier molecular flexibility index (Phi) is 5.99. The second-order valence-electron chi connectivity index (χ2n) is 5.92. The molecule has 0 aliphatic carbocycles. The van der Waals surface area contributed by atoms with Crippen LogP contribution in [0.4, 0.5) is 4.79 Å². The first-order valence-electron chi connectivity index (χ1n) is 7.18. The zero-order chi connectivity index (χ0) is 16.2. The van der Waals surface area contributed by atoms with E-state index in [0.717, 1.165) is 12.8 Å². The molecule has 0 bridgehead atoms. The topological polar surface area (TPSA) is 81.2 Å². The van der Waals surface area contributed by atoms with E-state index in [0.29, 0.717) is 13.1 Å². The molecule has 0 spiro atoms. The predicted octanol–water partition coefficient (Wildman–Crippen LogP) is 0.559. The normalized spacial score (nSPS) is 19.8. The van der Waals surface area contributed by atoms with Crippen LogP contribution in [0, 0.1) is 11.8 Å². The minimum absolute atomic E-state index is 0.0839. The van der Waals surface area contributed by atoms with Gasteiger partial charge in [-0.05, 0) is 12.8 Å². The molecule has 1 N–H and O–H groups in total. The lowest BCUT2D eigenvalue weighted by Crippen LogP contribution is -2.49. The largest absolute Gasteiger partial charge is 0.481 e. The predicted molar refractivity (Wildman–Crippen MR) is 77.8 cm³/mol. The number of carbonyl (C=O) groups is 3. The minimum atomic E-state index is -0.914. The highest BCUT2D eigenvalue weighted by Gasteiger charge is 2.31. The van der Waals surface area contributed by atoms with Gasteiger partial charge in [-0.3, -0.25) is 9.59 Å². The Balaban J connectivity index is 2.61. The molecule has 7 heteroatoms. The quantitative estimate of drug-likeness (QED) is 0.822. The van der Waals surface area contributed by atoms with Gasteiger partial charge in [0.15, 0.2) is 0 Å². The fourth-order valence-electron chi connectivity index (χ4n) is 2.53. The van der Waals surface area contributed by atoms with Crippen LogP contribution >= 0.6 is 0 Å². The van der Waals surface area contributed by atoms with Gasteiger partial charge in [0.2, 0.25) is 5.91 Å². The molecule has 2 atom stereocenters. The molecule has 1 aliphatic rings. The number of piperidine rings is 1. The van der Waals surface area contributed by atoms with Crippen LogP contribution in [0.2, 0.25) is 0 Å². The van der Waals surface area contributed by atoms with Crippen LogP contribution in [-0.2, 0) is 9.59 Å². The molecule has 1 aliphatic heterocycles. The number of carboxylic acids is 1. The summed E-state index contributed by atoms with van der Waals surface area (Å²) in [6.45, 7) is 2.83. The van der Waals surface area contributed by atoms with E-state index in [1.54, 1.807) is 33.0 Å². The Bertz CT molecular complexity index is 411. The number of likely N-dealkylation sites (tertiary alicyclic amines) is 1. The molecular weight excluding hydrogens is 274 g/mol. The number of hydrogen-bond acceptors (Lipinski definition) is 3. The molecule has 0 radical (unpaired) electrons. The third kappa shape index (κ3) is 4.61. The van der Waals surface area contributed by atoms with Crippen molar-refractivity contribution in [2.45, 2.75) is 19.8 Å². The van der Waals surface area contributed by atoms with Crippen LogP contribution < -0.4 is 0 Å². The van der Waals surface area contributed by atoms with Crippen LogP contribution in [0.15, 0.2) is 0 Å². The second kappa shape index (κ2) is 7.28. The van der Waals surface area contributed by atoms with Gasteiger partial charge in [-0.15, -0.1) is 0 Å². The van der Waals surface area contributed by atoms with Crippen LogP contribution in [0.25, 0.3) is 0 Å². The maximum Gasteiger partial charge on any atom is 0.319 e. The van der Waals surface area contributed by atoms with Gasteiger partial charge < -0.3 is 19.8 Å². The summed E-state index contributed by atoms with van der Waals surface area (Å²) in [5, 5.41) is 8.90. The summed E-state index contributed by atoms with van der Waals surface area (Å²) in [6.07, 6.45) is 1.53. The van der Waals surface area contributed by atoms with E-state index in [2.05, 4.69) is 0 Å². The standard InChI is InChI=1S/C14H25N3O4/c1-10(13(19)20)8-16(4)12(18)11-6-5-7-17(9-11)14(21)15(2)3/h10-11H,5-9H2,1-4H3,(H,19,20). The van der Waals surface area contributed by atoms with Crippen molar-refractivity contribution in [2.24, 2.45) is 11.8 Å². The first kappa shape index (κ1) is 17.3. The smallest absolute Gasteiger partial charge is 0.319 e. The summed E-state index contributed by atoms with van der Waals surface area (Å²) in [7, 11) is 5.00. The van der Waals surface area contributed by atoms with E-state index in [1.807, 2.05) is 0 Å². The summed E-state index contributed by atoms with van der Waals surface area (Å²) in [4.78, 5) is 39.8. The molecule has 21 heavy (non-hydrogen) atoms. The van der Waals surface area contributed by atoms with E-state index < -0.39 is 11.9 Å². The van der Waals surface area contributed by atoms with Gasteiger partial charge in [0.25, 0.3) is 0 Å². The molecule has 0 aromatic heterocycles. The highest BCUT2D eigenvalue weighted by Crippen LogP contribution is 2.19. The molecule has 0 aromatic rings. The van der Waals surface area contributed by atoms with Gasteiger partial charge in [0, 0.05) is 40.8 Å². The van der Waals surface area contributed by atoms with Crippen molar-refractivity contribution in [2.75, 3.05) is 40.8 Å². The summed E-state index contributed by atoms with van der Waals surface area (Å²) in [5.41, 5.74) is 0. The highest BCUT2D eigenvalue weighted by atomic mass is 16.4. The molecule has 1 fully saturated rings. The average molecular weight is 299 g/mol. The Labute approximate surface area is 125 Å². The van der Waals surface area contributed by atoms with Crippen LogP contribution in [0.5, 0.6) is 0 Å². The lowest BCUT2D eigenvalue weighted by atomic mass is 9.96. The van der Waals surface area contributed by atoms with Crippen molar-refractivity contribution in [3.8, 4) is 0 Å². The number of urea groups is 1. The van der Waals surface area contributed by atoms with Crippen LogP contribution in [-0.4, -0.2) is 78.5 Å². The maximum absolute atomic E-state index is 12.4. The second-order valence-corrected chi connectivity index (χ2v) is 5.92. The Hall–Kier alpha value is -1.79. The molecule has 0 saturated carbocycles. The zero-order valence-corrected chi connectivity index (χ0v) is 13.2. The van der Waals surface area contributed by atoms with Gasteiger partial charge in [0.05, 0.1) is 11.8 Å². The van der Waals surface area contributed by atoms with E-state index in [-0.39, 0.29) is 24.4 Å². The average Bonchev–Trinajstić information content (AvgIpc) is 2.45. The molecule has 120 valence electrons. The third-order valence-electron chi connectivity index (χ3n) is 3.77. The van der Waals surface area contributed by atoms with Gasteiger partial charge in [-0.2, -0.15) is 0 Å². The number of carboxylic acid groups (broad SMARTS) is 1. The minimum Gasteiger partial charge on any atom is -0.481 e. The Morgan fingerprint density at radius 1 is 1.29 bits per heavy atom. The fraction of sp³-hybridized carbons (Fsp3) is 0.786. The molecule has 1 rings (SSSR count). The SMILES string of the molecule is CC(CN(C)C(=O)C1CCCN(C(=O)N(C)C)C1)C(=O)O. The molecule has 1 saturated heterocycles. The first-order chi connectivity index (χ1) is 9.73. The van der Waals surface area contributed by atoms with Crippen LogP contribution in [0.1, 0.15) is 19.8 Å². The van der Waals surface area contributed by atoms with Crippen molar-refractivity contribution in [3.63, 3.8) is 0 Å². The molecule has 7 nitrogen and oxygen atoms in total. The number of amides is 3. The van der Waals surface area contributed by atoms with Crippen molar-refractivity contribution in [1.29, 1.82) is 0 Å². The fourth-order valence-corrected chi connectivity index (χ4v) is 2.53.